The van der Waals surface area contributed by atoms with Crippen LogP contribution in [0.25, 0.3) is 10.2 Å². The molecule has 0 spiro atoms. The molecule has 0 fully saturated rings. The first kappa shape index (κ1) is 24.3. The fourth-order valence-electron chi connectivity index (χ4n) is 3.70. The van der Waals surface area contributed by atoms with Gasteiger partial charge in [-0.3, -0.25) is 14.2 Å². The molecule has 0 unspecified atom stereocenters. The fourth-order valence-corrected chi connectivity index (χ4v) is 5.70. The molecule has 12 heteroatoms. The number of fused-ring (bicyclic) bond motifs is 1. The molecule has 3 heterocycles. The first-order chi connectivity index (χ1) is 17.8. The fraction of sp³-hybridized carbons (Fsp3) is 0.0800. The molecule has 0 saturated heterocycles. The van der Waals surface area contributed by atoms with Crippen LogP contribution >= 0.6 is 11.3 Å². The van der Waals surface area contributed by atoms with Crippen molar-refractivity contribution in [2.75, 3.05) is 10.0 Å². The van der Waals surface area contributed by atoms with Crippen molar-refractivity contribution in [2.24, 2.45) is 0 Å². The second-order valence-electron chi connectivity index (χ2n) is 8.06. The summed E-state index contributed by atoms with van der Waals surface area (Å²) in [4.78, 5) is 39.1. The maximum atomic E-state index is 13.1. The van der Waals surface area contributed by atoms with Crippen LogP contribution in [-0.4, -0.2) is 33.8 Å². The Kier molecular flexibility index (Phi) is 6.51. The number of carbonyl (C=O) groups excluding carboxylic acids is 1. The van der Waals surface area contributed by atoms with E-state index < -0.39 is 15.9 Å². The van der Waals surface area contributed by atoms with Crippen molar-refractivity contribution >= 4 is 49.1 Å². The molecule has 0 aliphatic rings. The van der Waals surface area contributed by atoms with E-state index in [4.69, 9.17) is 0 Å². The third-order valence-electron chi connectivity index (χ3n) is 5.53. The van der Waals surface area contributed by atoms with Gasteiger partial charge in [0.05, 0.1) is 28.0 Å². The van der Waals surface area contributed by atoms with E-state index in [-0.39, 0.29) is 16.4 Å². The maximum Gasteiger partial charge on any atom is 0.266 e. The van der Waals surface area contributed by atoms with Crippen LogP contribution in [0.3, 0.4) is 0 Å². The molecular formula is C25H20N6O4S2. The Morgan fingerprint density at radius 3 is 2.38 bits per heavy atom. The molecule has 0 radical (unpaired) electrons. The van der Waals surface area contributed by atoms with Crippen molar-refractivity contribution in [2.45, 2.75) is 18.4 Å². The normalized spacial score (nSPS) is 11.4. The lowest BCUT2D eigenvalue weighted by molar-refractivity contribution is 0.103. The van der Waals surface area contributed by atoms with Crippen LogP contribution in [0.15, 0.2) is 89.1 Å². The first-order valence-corrected chi connectivity index (χ1v) is 13.4. The van der Waals surface area contributed by atoms with E-state index in [9.17, 15) is 18.0 Å². The van der Waals surface area contributed by atoms with Crippen LogP contribution in [0.5, 0.6) is 0 Å². The quantitative estimate of drug-likeness (QED) is 0.326. The smallest absolute Gasteiger partial charge is 0.266 e. The minimum atomic E-state index is -3.90. The minimum absolute atomic E-state index is 0.0147. The summed E-state index contributed by atoms with van der Waals surface area (Å²) < 4.78 is 28.9. The van der Waals surface area contributed by atoms with Crippen molar-refractivity contribution < 1.29 is 13.2 Å². The van der Waals surface area contributed by atoms with Crippen LogP contribution in [0.1, 0.15) is 20.8 Å². The summed E-state index contributed by atoms with van der Waals surface area (Å²) in [6.07, 6.45) is 4.34. The molecule has 186 valence electrons. The van der Waals surface area contributed by atoms with E-state index in [2.05, 4.69) is 25.0 Å². The zero-order chi connectivity index (χ0) is 26.0. The van der Waals surface area contributed by atoms with Gasteiger partial charge < -0.3 is 5.32 Å². The highest BCUT2D eigenvalue weighted by molar-refractivity contribution is 7.92. The predicted molar refractivity (Wildman–Crippen MR) is 141 cm³/mol. The number of amides is 1. The van der Waals surface area contributed by atoms with Gasteiger partial charge in [-0.05, 0) is 48.4 Å². The number of hydrogen-bond acceptors (Lipinski definition) is 8. The largest absolute Gasteiger partial charge is 0.321 e. The number of hydrogen-bond donors (Lipinski definition) is 2. The van der Waals surface area contributed by atoms with E-state index in [1.165, 1.54) is 47.6 Å². The van der Waals surface area contributed by atoms with Gasteiger partial charge in [-0.2, -0.15) is 0 Å². The lowest BCUT2D eigenvalue weighted by Gasteiger charge is -2.08. The Morgan fingerprint density at radius 1 is 0.973 bits per heavy atom. The number of anilines is 2. The molecule has 1 amide bonds. The molecule has 2 aromatic carbocycles. The Morgan fingerprint density at radius 2 is 1.68 bits per heavy atom. The summed E-state index contributed by atoms with van der Waals surface area (Å²) >= 11 is 1.13. The lowest BCUT2D eigenvalue weighted by atomic mass is 10.2. The monoisotopic (exact) mass is 532 g/mol. The summed E-state index contributed by atoms with van der Waals surface area (Å²) in [6.45, 7) is 2.09. The summed E-state index contributed by atoms with van der Waals surface area (Å²) in [5.41, 5.74) is 1.69. The third-order valence-corrected chi connectivity index (χ3v) is 8.08. The Bertz CT molecular complexity index is 1750. The lowest BCUT2D eigenvalue weighted by Crippen LogP contribution is -2.21. The van der Waals surface area contributed by atoms with Crippen molar-refractivity contribution in [1.82, 2.24) is 19.5 Å². The standard InChI is InChI=1S/C25H20N6O4S2/c1-16-20-23(28-15-31(24(20)33)14-17-6-3-2-4-7-17)36-21(16)22(32)29-18-8-10-19(11-9-18)37(34,35)30-25-26-12-5-13-27-25/h2-13,15H,14H2,1H3,(H,29,32)(H,26,27,30). The van der Waals surface area contributed by atoms with Crippen LogP contribution in [-0.2, 0) is 16.6 Å². The number of nitrogens with zero attached hydrogens (tertiary/aromatic N) is 4. The van der Waals surface area contributed by atoms with Crippen LogP contribution in [0.4, 0.5) is 11.6 Å². The molecule has 5 rings (SSSR count). The number of aromatic nitrogens is 4. The van der Waals surface area contributed by atoms with E-state index >= 15 is 0 Å². The van der Waals surface area contributed by atoms with Gasteiger partial charge >= 0.3 is 0 Å². The number of benzene rings is 2. The number of thiophene rings is 1. The highest BCUT2D eigenvalue weighted by Crippen LogP contribution is 2.28. The summed E-state index contributed by atoms with van der Waals surface area (Å²) in [6, 6.07) is 16.8. The van der Waals surface area contributed by atoms with Gasteiger partial charge in [-0.15, -0.1) is 11.3 Å². The number of sulfonamides is 1. The number of aryl methyl sites for hydroxylation is 1. The van der Waals surface area contributed by atoms with Crippen molar-refractivity contribution in [1.29, 1.82) is 0 Å². The Balaban J connectivity index is 1.35. The van der Waals surface area contributed by atoms with Crippen LogP contribution in [0.2, 0.25) is 0 Å². The summed E-state index contributed by atoms with van der Waals surface area (Å²) in [7, 11) is -3.90. The van der Waals surface area contributed by atoms with Gasteiger partial charge in [0, 0.05) is 18.1 Å². The predicted octanol–water partition coefficient (Wildman–Crippen LogP) is 3.66. The average Bonchev–Trinajstić information content (AvgIpc) is 3.24. The highest BCUT2D eigenvalue weighted by atomic mass is 32.2. The first-order valence-electron chi connectivity index (χ1n) is 11.1. The van der Waals surface area contributed by atoms with Crippen molar-refractivity contribution in [3.63, 3.8) is 0 Å². The minimum Gasteiger partial charge on any atom is -0.321 e. The van der Waals surface area contributed by atoms with Crippen LogP contribution < -0.4 is 15.6 Å². The maximum absolute atomic E-state index is 13.1. The molecule has 0 saturated carbocycles. The Labute approximate surface area is 215 Å². The molecule has 3 aromatic heterocycles. The van der Waals surface area contributed by atoms with E-state index in [0.717, 1.165) is 16.9 Å². The molecule has 5 aromatic rings. The van der Waals surface area contributed by atoms with Gasteiger partial charge in [-0.1, -0.05) is 30.3 Å². The highest BCUT2D eigenvalue weighted by Gasteiger charge is 2.20. The second kappa shape index (κ2) is 9.91. The van der Waals surface area contributed by atoms with Gasteiger partial charge in [0.2, 0.25) is 5.95 Å². The molecular weight excluding hydrogens is 512 g/mol. The molecule has 0 aliphatic carbocycles. The zero-order valence-corrected chi connectivity index (χ0v) is 21.1. The third kappa shape index (κ3) is 5.10. The molecule has 37 heavy (non-hydrogen) atoms. The average molecular weight is 533 g/mol. The van der Waals surface area contributed by atoms with E-state index in [1.807, 2.05) is 30.3 Å². The molecule has 0 bridgehead atoms. The molecule has 0 atom stereocenters. The van der Waals surface area contributed by atoms with E-state index in [1.54, 1.807) is 13.0 Å². The number of rotatable bonds is 7. The van der Waals surface area contributed by atoms with Gasteiger partial charge in [0.1, 0.15) is 4.83 Å². The van der Waals surface area contributed by atoms with Crippen molar-refractivity contribution in [3.8, 4) is 0 Å². The van der Waals surface area contributed by atoms with Gasteiger partial charge in [-0.25, -0.2) is 28.1 Å². The van der Waals surface area contributed by atoms with E-state index in [0.29, 0.717) is 32.9 Å². The van der Waals surface area contributed by atoms with Gasteiger partial charge in [0.25, 0.3) is 21.5 Å². The number of nitrogens with one attached hydrogen (secondary N) is 2. The summed E-state index contributed by atoms with van der Waals surface area (Å²) in [5, 5.41) is 3.16. The topological polar surface area (TPSA) is 136 Å². The summed E-state index contributed by atoms with van der Waals surface area (Å²) in [5.74, 6) is -0.461. The molecule has 2 N–H and O–H groups in total. The Hall–Kier alpha value is -4.42. The molecule has 0 aliphatic heterocycles. The molecule has 10 nitrogen and oxygen atoms in total. The zero-order valence-electron chi connectivity index (χ0n) is 19.5. The van der Waals surface area contributed by atoms with Crippen LogP contribution in [0, 0.1) is 6.92 Å². The SMILES string of the molecule is Cc1c(C(=O)Nc2ccc(S(=O)(=O)Nc3ncccn3)cc2)sc2ncn(Cc3ccccc3)c(=O)c12. The number of carbonyl (C=O) groups is 1. The van der Waals surface area contributed by atoms with Gasteiger partial charge in [0.15, 0.2) is 0 Å². The van der Waals surface area contributed by atoms with Crippen molar-refractivity contribution in [3.05, 3.63) is 106 Å². The second-order valence-corrected chi connectivity index (χ2v) is 10.7.